The Kier molecular flexibility index (Phi) is 2.36. The van der Waals surface area contributed by atoms with Gasteiger partial charge in [-0.1, -0.05) is 57.9 Å². The minimum absolute atomic E-state index is 0.424. The fourth-order valence-electron chi connectivity index (χ4n) is 1.70. The third-order valence-corrected chi connectivity index (χ3v) is 4.77. The van der Waals surface area contributed by atoms with E-state index in [4.69, 9.17) is 11.6 Å². The molecule has 0 aliphatic heterocycles. The van der Waals surface area contributed by atoms with Crippen LogP contribution in [0.2, 0.25) is 0 Å². The van der Waals surface area contributed by atoms with Crippen molar-refractivity contribution in [3.05, 3.63) is 35.9 Å². The van der Waals surface area contributed by atoms with Crippen molar-refractivity contribution in [2.75, 3.05) is 0 Å². The first-order valence-electron chi connectivity index (χ1n) is 4.31. The summed E-state index contributed by atoms with van der Waals surface area (Å²) < 4.78 is 38.1. The molecule has 0 nitrogen and oxygen atoms in total. The molecule has 2 unspecified atom stereocenters. The molecule has 0 saturated heterocycles. The molecular formula is C10H7BrClF3. The second-order valence-corrected chi connectivity index (χ2v) is 5.50. The fraction of sp³-hybridized carbons (Fsp3) is 0.400. The summed E-state index contributed by atoms with van der Waals surface area (Å²) in [4.78, 5) is 0. The Morgan fingerprint density at radius 1 is 1.13 bits per heavy atom. The number of alkyl halides is 5. The highest BCUT2D eigenvalue weighted by molar-refractivity contribution is 9.09. The molecular weight excluding hydrogens is 292 g/mol. The minimum atomic E-state index is -3.49. The summed E-state index contributed by atoms with van der Waals surface area (Å²) in [5, 5.41) is -3.07. The van der Waals surface area contributed by atoms with E-state index in [1.165, 1.54) is 0 Å². The van der Waals surface area contributed by atoms with E-state index in [-0.39, 0.29) is 0 Å². The van der Waals surface area contributed by atoms with Gasteiger partial charge in [0.2, 0.25) is 0 Å². The normalized spacial score (nSPS) is 38.5. The van der Waals surface area contributed by atoms with Gasteiger partial charge in [-0.25, -0.2) is 13.2 Å². The lowest BCUT2D eigenvalue weighted by Gasteiger charge is -2.52. The van der Waals surface area contributed by atoms with Gasteiger partial charge in [-0.15, -0.1) is 0 Å². The largest absolute Gasteiger partial charge is 0.298 e. The van der Waals surface area contributed by atoms with Gasteiger partial charge in [0, 0.05) is 6.42 Å². The summed E-state index contributed by atoms with van der Waals surface area (Å²) in [7, 11) is 0. The maximum Gasteiger partial charge on any atom is 0.298 e. The van der Waals surface area contributed by atoms with E-state index in [1.807, 2.05) is 0 Å². The van der Waals surface area contributed by atoms with E-state index in [0.717, 1.165) is 0 Å². The van der Waals surface area contributed by atoms with Crippen LogP contribution in [0.5, 0.6) is 0 Å². The van der Waals surface area contributed by atoms with Gasteiger partial charge >= 0.3 is 0 Å². The average molecular weight is 300 g/mol. The molecule has 0 N–H and O–H groups in total. The first-order chi connectivity index (χ1) is 6.81. The van der Waals surface area contributed by atoms with E-state index >= 15 is 0 Å². The summed E-state index contributed by atoms with van der Waals surface area (Å²) in [6.07, 6.45) is -0.635. The van der Waals surface area contributed by atoms with Crippen LogP contribution >= 0.6 is 27.5 Å². The van der Waals surface area contributed by atoms with E-state index in [1.54, 1.807) is 30.3 Å². The molecule has 1 fully saturated rings. The van der Waals surface area contributed by atoms with Crippen molar-refractivity contribution < 1.29 is 13.2 Å². The van der Waals surface area contributed by atoms with Gasteiger partial charge in [0.15, 0.2) is 0 Å². The molecule has 82 valence electrons. The molecule has 0 radical (unpaired) electrons. The van der Waals surface area contributed by atoms with Gasteiger partial charge in [0.25, 0.3) is 11.1 Å². The third kappa shape index (κ3) is 1.34. The Bertz CT molecular complexity index is 380. The third-order valence-electron chi connectivity index (χ3n) is 2.65. The molecule has 0 amide bonds. The topological polar surface area (TPSA) is 0 Å². The summed E-state index contributed by atoms with van der Waals surface area (Å²) in [5.74, 6) is -3.49. The second kappa shape index (κ2) is 3.14. The second-order valence-electron chi connectivity index (χ2n) is 3.62. The van der Waals surface area contributed by atoms with E-state index in [0.29, 0.717) is 5.56 Å². The summed E-state index contributed by atoms with van der Waals surface area (Å²) in [6, 6.07) is 8.18. The zero-order valence-electron chi connectivity index (χ0n) is 7.48. The predicted octanol–water partition coefficient (Wildman–Crippen LogP) is 4.22. The van der Waals surface area contributed by atoms with Crippen LogP contribution in [-0.4, -0.2) is 11.1 Å². The zero-order chi connectivity index (χ0) is 11.3. The molecule has 0 aromatic heterocycles. The van der Waals surface area contributed by atoms with E-state index in [2.05, 4.69) is 15.9 Å². The monoisotopic (exact) mass is 298 g/mol. The SMILES string of the molecule is FC1(F)CC(Br)(c2ccccc2)C1(F)Cl. The Hall–Kier alpha value is -0.220. The molecule has 1 aromatic rings. The van der Waals surface area contributed by atoms with Gasteiger partial charge in [-0.3, -0.25) is 0 Å². The summed E-state index contributed by atoms with van der Waals surface area (Å²) >= 11 is 8.26. The lowest BCUT2D eigenvalue weighted by atomic mass is 9.74. The van der Waals surface area contributed by atoms with Crippen LogP contribution in [0.1, 0.15) is 12.0 Å². The first kappa shape index (κ1) is 11.3. The molecule has 1 aromatic carbocycles. The highest BCUT2D eigenvalue weighted by atomic mass is 79.9. The molecule has 1 aliphatic carbocycles. The zero-order valence-corrected chi connectivity index (χ0v) is 9.83. The molecule has 2 rings (SSSR count). The van der Waals surface area contributed by atoms with Crippen LogP contribution in [0.15, 0.2) is 30.3 Å². The summed E-state index contributed by atoms with van der Waals surface area (Å²) in [6.45, 7) is 0. The molecule has 15 heavy (non-hydrogen) atoms. The van der Waals surface area contributed by atoms with Crippen LogP contribution in [0, 0.1) is 0 Å². The lowest BCUT2D eigenvalue weighted by Crippen LogP contribution is -2.65. The van der Waals surface area contributed by atoms with Crippen molar-refractivity contribution in [3.63, 3.8) is 0 Å². The minimum Gasteiger partial charge on any atom is -0.218 e. The lowest BCUT2D eigenvalue weighted by molar-refractivity contribution is -0.192. The average Bonchev–Trinajstić information content (AvgIpc) is 2.18. The van der Waals surface area contributed by atoms with Crippen LogP contribution in [-0.2, 0) is 4.32 Å². The van der Waals surface area contributed by atoms with Crippen LogP contribution < -0.4 is 0 Å². The fourth-order valence-corrected chi connectivity index (χ4v) is 2.85. The van der Waals surface area contributed by atoms with Crippen molar-refractivity contribution in [2.24, 2.45) is 0 Å². The number of rotatable bonds is 1. The molecule has 1 aliphatic rings. The van der Waals surface area contributed by atoms with E-state index in [9.17, 15) is 13.2 Å². The molecule has 1 saturated carbocycles. The first-order valence-corrected chi connectivity index (χ1v) is 5.48. The predicted molar refractivity (Wildman–Crippen MR) is 56.3 cm³/mol. The van der Waals surface area contributed by atoms with Crippen LogP contribution in [0.3, 0.4) is 0 Å². The van der Waals surface area contributed by atoms with Crippen molar-refractivity contribution in [2.45, 2.75) is 21.8 Å². The highest BCUT2D eigenvalue weighted by Gasteiger charge is 2.78. The van der Waals surface area contributed by atoms with Crippen LogP contribution in [0.25, 0.3) is 0 Å². The smallest absolute Gasteiger partial charge is 0.218 e. The van der Waals surface area contributed by atoms with Gasteiger partial charge in [0.1, 0.15) is 4.32 Å². The number of benzene rings is 1. The van der Waals surface area contributed by atoms with Gasteiger partial charge in [0.05, 0.1) is 0 Å². The van der Waals surface area contributed by atoms with Crippen molar-refractivity contribution >= 4 is 27.5 Å². The molecule has 2 atom stereocenters. The Morgan fingerprint density at radius 3 is 2.07 bits per heavy atom. The van der Waals surface area contributed by atoms with Gasteiger partial charge in [-0.05, 0) is 5.56 Å². The Labute approximate surface area is 98.6 Å². The highest BCUT2D eigenvalue weighted by Crippen LogP contribution is 2.68. The maximum absolute atomic E-state index is 13.7. The standard InChI is InChI=1S/C10H7BrClF3/c11-8(7-4-2-1-3-5-7)6-9(13,14)10(8,12)15/h1-5H,6H2. The number of halogens is 5. The number of hydrogen-bond donors (Lipinski definition) is 0. The number of hydrogen-bond acceptors (Lipinski definition) is 0. The quantitative estimate of drug-likeness (QED) is 0.681. The Morgan fingerprint density at radius 2 is 1.67 bits per heavy atom. The van der Waals surface area contributed by atoms with Crippen LogP contribution in [0.4, 0.5) is 13.2 Å². The molecule has 0 bridgehead atoms. The Balaban J connectivity index is 2.40. The van der Waals surface area contributed by atoms with E-state index < -0.39 is 21.8 Å². The van der Waals surface area contributed by atoms with Gasteiger partial charge in [-0.2, -0.15) is 0 Å². The molecule has 0 spiro atoms. The van der Waals surface area contributed by atoms with Gasteiger partial charge < -0.3 is 0 Å². The summed E-state index contributed by atoms with van der Waals surface area (Å²) in [5.41, 5.74) is 0.424. The molecule has 0 heterocycles. The van der Waals surface area contributed by atoms with Crippen molar-refractivity contribution in [1.82, 2.24) is 0 Å². The van der Waals surface area contributed by atoms with Crippen molar-refractivity contribution in [1.29, 1.82) is 0 Å². The molecule has 5 heteroatoms. The maximum atomic E-state index is 13.7. The van der Waals surface area contributed by atoms with Crippen molar-refractivity contribution in [3.8, 4) is 0 Å².